The molecule has 0 radical (unpaired) electrons. The SMILES string of the molecule is COc1ccc(OC)c(NC(=O)[C@@H](C)N(c2ccc(Cl)c(Cl)c2)S(C)(=O)=O)c1. The maximum atomic E-state index is 12.8. The minimum absolute atomic E-state index is 0.176. The lowest BCUT2D eigenvalue weighted by atomic mass is 10.2. The third kappa shape index (κ3) is 5.01. The number of methoxy groups -OCH3 is 2. The fraction of sp³-hybridized carbons (Fsp3) is 0.278. The highest BCUT2D eigenvalue weighted by molar-refractivity contribution is 7.92. The number of carbonyl (C=O) groups excluding carboxylic acids is 1. The number of amides is 1. The van der Waals surface area contributed by atoms with Crippen molar-refractivity contribution in [2.24, 2.45) is 0 Å². The van der Waals surface area contributed by atoms with Crippen molar-refractivity contribution in [3.63, 3.8) is 0 Å². The van der Waals surface area contributed by atoms with Crippen LogP contribution in [0.5, 0.6) is 11.5 Å². The second-order valence-electron chi connectivity index (χ2n) is 5.89. The lowest BCUT2D eigenvalue weighted by Crippen LogP contribution is -2.45. The number of carbonyl (C=O) groups is 1. The Kier molecular flexibility index (Phi) is 7.03. The topological polar surface area (TPSA) is 84.9 Å². The van der Waals surface area contributed by atoms with Crippen molar-refractivity contribution in [2.75, 3.05) is 30.1 Å². The van der Waals surface area contributed by atoms with Gasteiger partial charge in [0.15, 0.2) is 0 Å². The van der Waals surface area contributed by atoms with Gasteiger partial charge >= 0.3 is 0 Å². The molecular formula is C18H20Cl2N2O5S. The van der Waals surface area contributed by atoms with Gasteiger partial charge in [0.2, 0.25) is 15.9 Å². The molecule has 1 amide bonds. The third-order valence-corrected chi connectivity index (χ3v) is 5.89. The molecular weight excluding hydrogens is 427 g/mol. The highest BCUT2D eigenvalue weighted by Crippen LogP contribution is 2.31. The van der Waals surface area contributed by atoms with Crippen LogP contribution in [0.4, 0.5) is 11.4 Å². The van der Waals surface area contributed by atoms with Crippen LogP contribution in [0.2, 0.25) is 10.0 Å². The van der Waals surface area contributed by atoms with Gasteiger partial charge in [0.25, 0.3) is 0 Å². The standard InChI is InChI=1S/C18H20Cl2N2O5S/c1-11(18(23)21-16-10-13(26-2)6-8-17(16)27-3)22(28(4,24)25)12-5-7-14(19)15(20)9-12/h5-11H,1-4H3,(H,21,23)/t11-/m1/s1. The highest BCUT2D eigenvalue weighted by Gasteiger charge is 2.30. The number of hydrogen-bond donors (Lipinski definition) is 1. The van der Waals surface area contributed by atoms with E-state index in [1.165, 1.54) is 39.3 Å². The summed E-state index contributed by atoms with van der Waals surface area (Å²) in [5.41, 5.74) is 0.568. The summed E-state index contributed by atoms with van der Waals surface area (Å²) in [6, 6.07) is 8.14. The monoisotopic (exact) mass is 446 g/mol. The molecule has 0 heterocycles. The average Bonchev–Trinajstić information content (AvgIpc) is 2.63. The summed E-state index contributed by atoms with van der Waals surface area (Å²) < 4.78 is 36.1. The smallest absolute Gasteiger partial charge is 0.248 e. The van der Waals surface area contributed by atoms with Gasteiger partial charge in [-0.1, -0.05) is 23.2 Å². The van der Waals surface area contributed by atoms with E-state index in [1.54, 1.807) is 18.2 Å². The molecule has 2 aromatic rings. The van der Waals surface area contributed by atoms with Crippen molar-refractivity contribution in [2.45, 2.75) is 13.0 Å². The van der Waals surface area contributed by atoms with E-state index >= 15 is 0 Å². The second-order valence-corrected chi connectivity index (χ2v) is 8.56. The lowest BCUT2D eigenvalue weighted by Gasteiger charge is -2.28. The Hall–Kier alpha value is -2.16. The Morgan fingerprint density at radius 2 is 1.75 bits per heavy atom. The molecule has 0 aliphatic rings. The van der Waals surface area contributed by atoms with Crippen LogP contribution in [0, 0.1) is 0 Å². The predicted octanol–water partition coefficient (Wildman–Crippen LogP) is 3.80. The fourth-order valence-electron chi connectivity index (χ4n) is 2.58. The molecule has 0 saturated carbocycles. The van der Waals surface area contributed by atoms with Crippen molar-refractivity contribution in [1.29, 1.82) is 0 Å². The van der Waals surface area contributed by atoms with E-state index in [4.69, 9.17) is 32.7 Å². The zero-order chi connectivity index (χ0) is 21.1. The summed E-state index contributed by atoms with van der Waals surface area (Å²) in [6.07, 6.45) is 1.01. The molecule has 0 unspecified atom stereocenters. The first-order valence-corrected chi connectivity index (χ1v) is 10.7. The second kappa shape index (κ2) is 8.89. The van der Waals surface area contributed by atoms with Crippen LogP contribution in [0.3, 0.4) is 0 Å². The van der Waals surface area contributed by atoms with Crippen molar-refractivity contribution in [3.8, 4) is 11.5 Å². The Bertz CT molecular complexity index is 982. The van der Waals surface area contributed by atoms with Crippen LogP contribution in [-0.4, -0.2) is 40.8 Å². The first-order valence-electron chi connectivity index (χ1n) is 8.05. The molecule has 0 aliphatic carbocycles. The van der Waals surface area contributed by atoms with E-state index in [2.05, 4.69) is 5.32 Å². The molecule has 0 bridgehead atoms. The molecule has 2 rings (SSSR count). The molecule has 1 atom stereocenters. The van der Waals surface area contributed by atoms with Gasteiger partial charge in [-0.15, -0.1) is 0 Å². The van der Waals surface area contributed by atoms with Gasteiger partial charge in [-0.3, -0.25) is 9.10 Å². The van der Waals surface area contributed by atoms with Gasteiger partial charge in [-0.25, -0.2) is 8.42 Å². The number of anilines is 2. The number of hydrogen-bond acceptors (Lipinski definition) is 5. The summed E-state index contributed by atoms with van der Waals surface area (Å²) in [4.78, 5) is 12.8. The fourth-order valence-corrected chi connectivity index (χ4v) is 4.04. The quantitative estimate of drug-likeness (QED) is 0.698. The van der Waals surface area contributed by atoms with Crippen LogP contribution in [0.15, 0.2) is 36.4 Å². The molecule has 7 nitrogen and oxygen atoms in total. The number of nitrogens with zero attached hydrogens (tertiary/aromatic N) is 1. The maximum Gasteiger partial charge on any atom is 0.248 e. The van der Waals surface area contributed by atoms with E-state index in [-0.39, 0.29) is 15.7 Å². The van der Waals surface area contributed by atoms with Gasteiger partial charge in [0.05, 0.1) is 41.9 Å². The maximum absolute atomic E-state index is 12.8. The molecule has 10 heteroatoms. The normalized spacial score (nSPS) is 12.2. The first-order chi connectivity index (χ1) is 13.1. The van der Waals surface area contributed by atoms with Gasteiger partial charge in [0.1, 0.15) is 17.5 Å². The predicted molar refractivity (Wildman–Crippen MR) is 111 cm³/mol. The van der Waals surface area contributed by atoms with Gasteiger partial charge in [-0.05, 0) is 37.3 Å². The summed E-state index contributed by atoms with van der Waals surface area (Å²) in [5.74, 6) is 0.345. The highest BCUT2D eigenvalue weighted by atomic mass is 35.5. The minimum atomic E-state index is -3.80. The minimum Gasteiger partial charge on any atom is -0.497 e. The van der Waals surface area contributed by atoms with Crippen molar-refractivity contribution < 1.29 is 22.7 Å². The van der Waals surface area contributed by atoms with Crippen LogP contribution >= 0.6 is 23.2 Å². The molecule has 2 aromatic carbocycles. The van der Waals surface area contributed by atoms with Gasteiger partial charge in [-0.2, -0.15) is 0 Å². The van der Waals surface area contributed by atoms with Gasteiger partial charge < -0.3 is 14.8 Å². The summed E-state index contributed by atoms with van der Waals surface area (Å²) in [7, 11) is -0.848. The Morgan fingerprint density at radius 1 is 1.07 bits per heavy atom. The average molecular weight is 447 g/mol. The van der Waals surface area contributed by atoms with Gasteiger partial charge in [0, 0.05) is 6.07 Å². The summed E-state index contributed by atoms with van der Waals surface area (Å²) in [6.45, 7) is 1.46. The Morgan fingerprint density at radius 3 is 2.29 bits per heavy atom. The molecule has 0 spiro atoms. The van der Waals surface area contributed by atoms with E-state index in [1.807, 2.05) is 0 Å². The molecule has 0 aliphatic heterocycles. The summed E-state index contributed by atoms with van der Waals surface area (Å²) >= 11 is 11.9. The van der Waals surface area contributed by atoms with Crippen molar-refractivity contribution in [1.82, 2.24) is 0 Å². The van der Waals surface area contributed by atoms with E-state index in [9.17, 15) is 13.2 Å². The lowest BCUT2D eigenvalue weighted by molar-refractivity contribution is -0.116. The third-order valence-electron chi connectivity index (χ3n) is 3.91. The molecule has 0 aromatic heterocycles. The van der Waals surface area contributed by atoms with E-state index < -0.39 is 22.0 Å². The van der Waals surface area contributed by atoms with Crippen LogP contribution in [0.25, 0.3) is 0 Å². The van der Waals surface area contributed by atoms with E-state index in [0.29, 0.717) is 17.2 Å². The zero-order valence-corrected chi connectivity index (χ0v) is 18.0. The number of ether oxygens (including phenoxy) is 2. The van der Waals surface area contributed by atoms with Crippen molar-refractivity contribution in [3.05, 3.63) is 46.4 Å². The molecule has 0 fully saturated rings. The number of benzene rings is 2. The zero-order valence-electron chi connectivity index (χ0n) is 15.7. The molecule has 1 N–H and O–H groups in total. The number of halogens is 2. The Labute approximate surface area is 174 Å². The molecule has 0 saturated heterocycles. The number of nitrogens with one attached hydrogen (secondary N) is 1. The largest absolute Gasteiger partial charge is 0.497 e. The number of sulfonamides is 1. The van der Waals surface area contributed by atoms with E-state index in [0.717, 1.165) is 10.6 Å². The Balaban J connectivity index is 2.38. The van der Waals surface area contributed by atoms with Crippen LogP contribution in [0.1, 0.15) is 6.92 Å². The van der Waals surface area contributed by atoms with Crippen molar-refractivity contribution >= 4 is 50.5 Å². The first kappa shape index (κ1) is 22.1. The molecule has 28 heavy (non-hydrogen) atoms. The van der Waals surface area contributed by atoms with Crippen LogP contribution < -0.4 is 19.1 Å². The molecule has 152 valence electrons. The summed E-state index contributed by atoms with van der Waals surface area (Å²) in [5, 5.41) is 3.13. The number of rotatable bonds is 7. The van der Waals surface area contributed by atoms with Crippen LogP contribution in [-0.2, 0) is 14.8 Å².